The minimum Gasteiger partial charge on any atom is -0.505 e. The first-order valence-corrected chi connectivity index (χ1v) is 6.72. The van der Waals surface area contributed by atoms with Crippen molar-refractivity contribution >= 4 is 40.5 Å². The smallest absolute Gasteiger partial charge is 0.269 e. The molecule has 2 rings (SSSR count). The Morgan fingerprint density at radius 1 is 1.23 bits per heavy atom. The summed E-state index contributed by atoms with van der Waals surface area (Å²) in [6.45, 7) is 0. The number of nitro benzene ring substituents is 1. The average Bonchev–Trinajstić information content (AvgIpc) is 2.50. The highest BCUT2D eigenvalue weighted by Crippen LogP contribution is 2.34. The number of nitrogens with zero attached hydrogens (tertiary/aromatic N) is 2. The number of phenolic OH excluding ortho intramolecular Hbond substituents is 1. The summed E-state index contributed by atoms with van der Waals surface area (Å²) in [5, 5.41) is 29.5. The standard InChI is InChI=1S/C15H8Cl2N2O3/c16-13-6-9(7-14(17)15(13)20)5-11(8-18)10-1-3-12(4-2-10)19(21)22/h1-7,20H/b11-5-. The van der Waals surface area contributed by atoms with Gasteiger partial charge in [-0.15, -0.1) is 0 Å². The van der Waals surface area contributed by atoms with E-state index in [0.29, 0.717) is 11.1 Å². The van der Waals surface area contributed by atoms with Crippen molar-refractivity contribution in [1.82, 2.24) is 0 Å². The van der Waals surface area contributed by atoms with E-state index in [0.717, 1.165) is 0 Å². The van der Waals surface area contributed by atoms with Gasteiger partial charge in [-0.3, -0.25) is 10.1 Å². The molecule has 0 aromatic heterocycles. The second-order valence-corrected chi connectivity index (χ2v) is 5.12. The molecule has 0 fully saturated rings. The maximum absolute atomic E-state index is 10.6. The van der Waals surface area contributed by atoms with Crippen LogP contribution in [0.5, 0.6) is 5.75 Å². The Bertz CT molecular complexity index is 786. The summed E-state index contributed by atoms with van der Waals surface area (Å²) >= 11 is 11.7. The molecule has 5 nitrogen and oxygen atoms in total. The fraction of sp³-hybridized carbons (Fsp3) is 0. The van der Waals surface area contributed by atoms with E-state index in [1.807, 2.05) is 6.07 Å². The Morgan fingerprint density at radius 2 is 1.77 bits per heavy atom. The van der Waals surface area contributed by atoms with Crippen LogP contribution in [0.4, 0.5) is 5.69 Å². The van der Waals surface area contributed by atoms with Gasteiger partial charge in [-0.1, -0.05) is 23.2 Å². The summed E-state index contributed by atoms with van der Waals surface area (Å²) in [7, 11) is 0. The third-order valence-corrected chi connectivity index (χ3v) is 3.44. The number of phenols is 1. The zero-order valence-corrected chi connectivity index (χ0v) is 12.5. The van der Waals surface area contributed by atoms with Crippen molar-refractivity contribution in [2.75, 3.05) is 0 Å². The van der Waals surface area contributed by atoms with Crippen LogP contribution in [-0.2, 0) is 0 Å². The van der Waals surface area contributed by atoms with Gasteiger partial charge in [0.05, 0.1) is 26.6 Å². The van der Waals surface area contributed by atoms with Gasteiger partial charge in [0.2, 0.25) is 0 Å². The highest BCUT2D eigenvalue weighted by molar-refractivity contribution is 6.37. The lowest BCUT2D eigenvalue weighted by Crippen LogP contribution is -1.88. The van der Waals surface area contributed by atoms with Gasteiger partial charge in [0, 0.05) is 12.1 Å². The highest BCUT2D eigenvalue weighted by atomic mass is 35.5. The number of nitriles is 1. The zero-order valence-electron chi connectivity index (χ0n) is 11.0. The van der Waals surface area contributed by atoms with Crippen molar-refractivity contribution in [2.45, 2.75) is 0 Å². The number of allylic oxidation sites excluding steroid dienone is 1. The fourth-order valence-electron chi connectivity index (χ4n) is 1.78. The lowest BCUT2D eigenvalue weighted by molar-refractivity contribution is -0.384. The number of rotatable bonds is 3. The molecule has 0 bridgehead atoms. The molecule has 7 heteroatoms. The van der Waals surface area contributed by atoms with Crippen molar-refractivity contribution in [3.05, 3.63) is 67.7 Å². The molecule has 0 atom stereocenters. The van der Waals surface area contributed by atoms with Crippen molar-refractivity contribution in [2.24, 2.45) is 0 Å². The molecule has 110 valence electrons. The number of hydrogen-bond donors (Lipinski definition) is 1. The first-order valence-electron chi connectivity index (χ1n) is 5.97. The fourth-order valence-corrected chi connectivity index (χ4v) is 2.28. The summed E-state index contributed by atoms with van der Waals surface area (Å²) in [5.41, 5.74) is 1.28. The van der Waals surface area contributed by atoms with Gasteiger partial charge in [-0.05, 0) is 41.5 Å². The van der Waals surface area contributed by atoms with Crippen LogP contribution in [0.15, 0.2) is 36.4 Å². The van der Waals surface area contributed by atoms with Gasteiger partial charge < -0.3 is 5.11 Å². The van der Waals surface area contributed by atoms with E-state index in [2.05, 4.69) is 0 Å². The third-order valence-electron chi connectivity index (χ3n) is 2.86. The number of aromatic hydroxyl groups is 1. The molecule has 0 heterocycles. The molecule has 0 saturated heterocycles. The number of benzene rings is 2. The predicted molar refractivity (Wildman–Crippen MR) is 84.7 cm³/mol. The molecule has 0 saturated carbocycles. The number of nitro groups is 1. The van der Waals surface area contributed by atoms with Crippen LogP contribution in [0.3, 0.4) is 0 Å². The van der Waals surface area contributed by atoms with Gasteiger partial charge in [-0.2, -0.15) is 5.26 Å². The summed E-state index contributed by atoms with van der Waals surface area (Å²) in [6.07, 6.45) is 1.53. The topological polar surface area (TPSA) is 87.2 Å². The first-order chi connectivity index (χ1) is 10.4. The van der Waals surface area contributed by atoms with E-state index < -0.39 is 4.92 Å². The Hall–Kier alpha value is -2.55. The molecule has 0 unspecified atom stereocenters. The quantitative estimate of drug-likeness (QED) is 0.382. The summed E-state index contributed by atoms with van der Waals surface area (Å²) in [5.74, 6) is -0.227. The van der Waals surface area contributed by atoms with E-state index in [9.17, 15) is 20.5 Å². The SMILES string of the molecule is N#C/C(=C/c1cc(Cl)c(O)c(Cl)c1)c1ccc([N+](=O)[O-])cc1. The molecular weight excluding hydrogens is 327 g/mol. The van der Waals surface area contributed by atoms with Gasteiger partial charge in [0.1, 0.15) is 0 Å². The van der Waals surface area contributed by atoms with E-state index in [4.69, 9.17) is 23.2 Å². The van der Waals surface area contributed by atoms with Crippen molar-refractivity contribution in [3.63, 3.8) is 0 Å². The Balaban J connectivity index is 2.44. The molecule has 1 N–H and O–H groups in total. The number of hydrogen-bond acceptors (Lipinski definition) is 4. The first kappa shape index (κ1) is 15.8. The van der Waals surface area contributed by atoms with Crippen molar-refractivity contribution < 1.29 is 10.0 Å². The minimum atomic E-state index is -0.515. The Kier molecular flexibility index (Phi) is 4.66. The molecule has 0 spiro atoms. The lowest BCUT2D eigenvalue weighted by Gasteiger charge is -2.03. The van der Waals surface area contributed by atoms with E-state index in [1.54, 1.807) is 0 Å². The second-order valence-electron chi connectivity index (χ2n) is 4.31. The Morgan fingerprint density at radius 3 is 2.23 bits per heavy atom. The summed E-state index contributed by atoms with van der Waals surface area (Å²) in [6, 6.07) is 10.5. The molecule has 22 heavy (non-hydrogen) atoms. The minimum absolute atomic E-state index is 0.0586. The van der Waals surface area contributed by atoms with Gasteiger partial charge in [0.15, 0.2) is 5.75 Å². The summed E-state index contributed by atoms with van der Waals surface area (Å²) < 4.78 is 0. The molecule has 0 amide bonds. The largest absolute Gasteiger partial charge is 0.505 e. The normalized spacial score (nSPS) is 11.0. The summed E-state index contributed by atoms with van der Waals surface area (Å²) in [4.78, 5) is 10.1. The van der Waals surface area contributed by atoms with E-state index >= 15 is 0 Å². The monoisotopic (exact) mass is 334 g/mol. The van der Waals surface area contributed by atoms with Gasteiger partial charge >= 0.3 is 0 Å². The molecule has 0 aliphatic rings. The van der Waals surface area contributed by atoms with Gasteiger partial charge in [-0.25, -0.2) is 0 Å². The van der Waals surface area contributed by atoms with Crippen LogP contribution in [0.1, 0.15) is 11.1 Å². The van der Waals surface area contributed by atoms with Crippen LogP contribution >= 0.6 is 23.2 Å². The molecule has 0 aliphatic heterocycles. The molecular formula is C15H8Cl2N2O3. The van der Waals surface area contributed by atoms with E-state index in [1.165, 1.54) is 42.5 Å². The van der Waals surface area contributed by atoms with E-state index in [-0.39, 0.29) is 27.1 Å². The van der Waals surface area contributed by atoms with Crippen LogP contribution in [-0.4, -0.2) is 10.0 Å². The Labute approximate surface area is 135 Å². The maximum Gasteiger partial charge on any atom is 0.269 e. The average molecular weight is 335 g/mol. The molecule has 0 aliphatic carbocycles. The van der Waals surface area contributed by atoms with Crippen LogP contribution in [0, 0.1) is 21.4 Å². The molecule has 0 radical (unpaired) electrons. The van der Waals surface area contributed by atoms with Crippen molar-refractivity contribution in [1.29, 1.82) is 5.26 Å². The van der Waals surface area contributed by atoms with Gasteiger partial charge in [0.25, 0.3) is 5.69 Å². The van der Waals surface area contributed by atoms with Crippen LogP contribution in [0.2, 0.25) is 10.0 Å². The maximum atomic E-state index is 10.6. The lowest BCUT2D eigenvalue weighted by atomic mass is 10.0. The third kappa shape index (κ3) is 3.37. The molecule has 2 aromatic rings. The van der Waals surface area contributed by atoms with Crippen LogP contribution < -0.4 is 0 Å². The molecule has 2 aromatic carbocycles. The predicted octanol–water partition coefficient (Wildman–Crippen LogP) is 4.67. The number of non-ortho nitro benzene ring substituents is 1. The second kappa shape index (κ2) is 6.48. The van der Waals surface area contributed by atoms with Crippen molar-refractivity contribution in [3.8, 4) is 11.8 Å². The zero-order chi connectivity index (χ0) is 16.3. The number of halogens is 2. The van der Waals surface area contributed by atoms with Crippen LogP contribution in [0.25, 0.3) is 11.6 Å². The highest BCUT2D eigenvalue weighted by Gasteiger charge is 2.09.